The monoisotopic (exact) mass is 317 g/mol. The highest BCUT2D eigenvalue weighted by Gasteiger charge is 2.24. The summed E-state index contributed by atoms with van der Waals surface area (Å²) in [7, 11) is 0. The Labute approximate surface area is 138 Å². The zero-order chi connectivity index (χ0) is 16.2. The van der Waals surface area contributed by atoms with Crippen LogP contribution in [0.4, 0.5) is 5.95 Å². The Morgan fingerprint density at radius 2 is 2.04 bits per heavy atom. The van der Waals surface area contributed by atoms with E-state index in [-0.39, 0.29) is 5.91 Å². The summed E-state index contributed by atoms with van der Waals surface area (Å²) >= 11 is 0. The Morgan fingerprint density at radius 3 is 2.74 bits per heavy atom. The van der Waals surface area contributed by atoms with Crippen molar-refractivity contribution < 1.29 is 4.79 Å². The average molecular weight is 317 g/mol. The van der Waals surface area contributed by atoms with Crippen LogP contribution in [-0.2, 0) is 0 Å². The number of aromatic nitrogens is 2. The van der Waals surface area contributed by atoms with Gasteiger partial charge in [0.05, 0.1) is 0 Å². The van der Waals surface area contributed by atoms with Crippen molar-refractivity contribution in [2.45, 2.75) is 26.7 Å². The number of piperazine rings is 1. The molecule has 0 saturated carbocycles. The number of anilines is 1. The first-order valence-corrected chi connectivity index (χ1v) is 8.77. The summed E-state index contributed by atoms with van der Waals surface area (Å²) < 4.78 is 0. The highest BCUT2D eigenvalue weighted by Crippen LogP contribution is 2.18. The molecule has 1 amide bonds. The molecule has 2 fully saturated rings. The van der Waals surface area contributed by atoms with Crippen molar-refractivity contribution in [2.24, 2.45) is 5.92 Å². The van der Waals surface area contributed by atoms with Crippen molar-refractivity contribution in [3.8, 4) is 0 Å². The molecule has 3 heterocycles. The van der Waals surface area contributed by atoms with Crippen LogP contribution in [0.1, 0.15) is 37.2 Å². The lowest BCUT2D eigenvalue weighted by Gasteiger charge is -2.34. The quantitative estimate of drug-likeness (QED) is 0.845. The molecule has 0 radical (unpaired) electrons. The van der Waals surface area contributed by atoms with Crippen LogP contribution in [0.2, 0.25) is 0 Å². The van der Waals surface area contributed by atoms with Gasteiger partial charge >= 0.3 is 0 Å². The number of nitrogens with zero attached hydrogens (tertiary/aromatic N) is 5. The normalized spacial score (nSPS) is 23.1. The summed E-state index contributed by atoms with van der Waals surface area (Å²) in [5.41, 5.74) is 0.530. The van der Waals surface area contributed by atoms with Gasteiger partial charge in [-0.3, -0.25) is 4.79 Å². The zero-order valence-electron chi connectivity index (χ0n) is 14.2. The molecular weight excluding hydrogens is 290 g/mol. The van der Waals surface area contributed by atoms with E-state index in [0.717, 1.165) is 52.2 Å². The molecule has 2 aliphatic rings. The molecule has 0 N–H and O–H groups in total. The summed E-state index contributed by atoms with van der Waals surface area (Å²) in [6, 6.07) is 1.74. The van der Waals surface area contributed by atoms with E-state index in [1.54, 1.807) is 12.3 Å². The number of hydrogen-bond donors (Lipinski definition) is 0. The van der Waals surface area contributed by atoms with Gasteiger partial charge in [-0.05, 0) is 31.4 Å². The van der Waals surface area contributed by atoms with Crippen LogP contribution in [0, 0.1) is 5.92 Å². The van der Waals surface area contributed by atoms with Crippen LogP contribution < -0.4 is 4.90 Å². The molecule has 3 rings (SSSR count). The number of likely N-dealkylation sites (tertiary alicyclic amines) is 1. The largest absolute Gasteiger partial charge is 0.338 e. The number of rotatable bonds is 3. The molecule has 6 nitrogen and oxygen atoms in total. The van der Waals surface area contributed by atoms with Gasteiger partial charge in [0.1, 0.15) is 5.69 Å². The molecule has 0 spiro atoms. The Balaban J connectivity index is 1.68. The molecule has 0 aliphatic carbocycles. The Morgan fingerprint density at radius 1 is 1.26 bits per heavy atom. The maximum Gasteiger partial charge on any atom is 0.272 e. The van der Waals surface area contributed by atoms with E-state index in [2.05, 4.69) is 33.6 Å². The molecule has 23 heavy (non-hydrogen) atoms. The molecule has 126 valence electrons. The van der Waals surface area contributed by atoms with Crippen molar-refractivity contribution in [1.82, 2.24) is 19.8 Å². The summed E-state index contributed by atoms with van der Waals surface area (Å²) in [6.45, 7) is 11.1. The molecule has 2 aliphatic heterocycles. The fourth-order valence-corrected chi connectivity index (χ4v) is 3.42. The van der Waals surface area contributed by atoms with Crippen LogP contribution in [0.15, 0.2) is 12.3 Å². The Bertz CT molecular complexity index is 542. The summed E-state index contributed by atoms with van der Waals surface area (Å²) in [6.07, 6.45) is 4.01. The van der Waals surface area contributed by atoms with E-state index in [4.69, 9.17) is 0 Å². The van der Waals surface area contributed by atoms with Gasteiger partial charge in [0.15, 0.2) is 0 Å². The fraction of sp³-hybridized carbons (Fsp3) is 0.706. The maximum atomic E-state index is 12.7. The molecule has 1 unspecified atom stereocenters. The van der Waals surface area contributed by atoms with E-state index in [1.807, 2.05) is 4.90 Å². The van der Waals surface area contributed by atoms with E-state index >= 15 is 0 Å². The molecule has 1 atom stereocenters. The van der Waals surface area contributed by atoms with Crippen molar-refractivity contribution >= 4 is 11.9 Å². The third kappa shape index (κ3) is 3.80. The van der Waals surface area contributed by atoms with Crippen molar-refractivity contribution in [1.29, 1.82) is 0 Å². The number of piperidine rings is 1. The van der Waals surface area contributed by atoms with Gasteiger partial charge < -0.3 is 14.7 Å². The third-order valence-corrected chi connectivity index (χ3v) is 4.91. The lowest BCUT2D eigenvalue weighted by Crippen LogP contribution is -2.47. The predicted molar refractivity (Wildman–Crippen MR) is 90.7 cm³/mol. The van der Waals surface area contributed by atoms with Crippen LogP contribution in [0.3, 0.4) is 0 Å². The molecule has 2 saturated heterocycles. The number of carbonyl (C=O) groups excluding carboxylic acids is 1. The first-order chi connectivity index (χ1) is 11.2. The van der Waals surface area contributed by atoms with E-state index in [0.29, 0.717) is 17.6 Å². The van der Waals surface area contributed by atoms with Gasteiger partial charge in [0.2, 0.25) is 5.95 Å². The SMILES string of the molecule is CCN1CCN(c2nccc(C(=O)N3CCCC(C)C3)n2)CC1. The topological polar surface area (TPSA) is 52.6 Å². The molecule has 0 aromatic carbocycles. The molecule has 6 heteroatoms. The second-order valence-corrected chi connectivity index (χ2v) is 6.66. The number of carbonyl (C=O) groups is 1. The third-order valence-electron chi connectivity index (χ3n) is 4.91. The minimum absolute atomic E-state index is 0.0485. The van der Waals surface area contributed by atoms with Gasteiger partial charge in [0.25, 0.3) is 5.91 Å². The highest BCUT2D eigenvalue weighted by molar-refractivity contribution is 5.92. The Hall–Kier alpha value is -1.69. The van der Waals surface area contributed by atoms with Crippen molar-refractivity contribution in [3.05, 3.63) is 18.0 Å². The minimum atomic E-state index is 0.0485. The highest BCUT2D eigenvalue weighted by atomic mass is 16.2. The van der Waals surface area contributed by atoms with Gasteiger partial charge in [-0.15, -0.1) is 0 Å². The first-order valence-electron chi connectivity index (χ1n) is 8.77. The lowest BCUT2D eigenvalue weighted by molar-refractivity contribution is 0.0677. The number of likely N-dealkylation sites (N-methyl/N-ethyl adjacent to an activating group) is 1. The van der Waals surface area contributed by atoms with Crippen LogP contribution in [0.25, 0.3) is 0 Å². The van der Waals surface area contributed by atoms with Gasteiger partial charge in [-0.2, -0.15) is 0 Å². The molecule has 1 aromatic heterocycles. The molecule has 1 aromatic rings. The second-order valence-electron chi connectivity index (χ2n) is 6.66. The Kier molecular flexibility index (Phi) is 5.10. The number of hydrogen-bond acceptors (Lipinski definition) is 5. The second kappa shape index (κ2) is 7.25. The average Bonchev–Trinajstić information content (AvgIpc) is 2.61. The molecule has 0 bridgehead atoms. The van der Waals surface area contributed by atoms with Crippen LogP contribution in [0.5, 0.6) is 0 Å². The smallest absolute Gasteiger partial charge is 0.272 e. The van der Waals surface area contributed by atoms with Crippen LogP contribution >= 0.6 is 0 Å². The zero-order valence-corrected chi connectivity index (χ0v) is 14.2. The standard InChI is InChI=1S/C17H27N5O/c1-3-20-9-11-21(12-10-20)17-18-7-6-15(19-17)16(23)22-8-4-5-14(2)13-22/h6-7,14H,3-5,8-13H2,1-2H3. The van der Waals surface area contributed by atoms with Crippen molar-refractivity contribution in [2.75, 3.05) is 50.7 Å². The predicted octanol–water partition coefficient (Wildman–Crippen LogP) is 1.49. The summed E-state index contributed by atoms with van der Waals surface area (Å²) in [5.74, 6) is 1.32. The fourth-order valence-electron chi connectivity index (χ4n) is 3.42. The maximum absolute atomic E-state index is 12.7. The summed E-state index contributed by atoms with van der Waals surface area (Å²) in [5, 5.41) is 0. The summed E-state index contributed by atoms with van der Waals surface area (Å²) in [4.78, 5) is 28.2. The van der Waals surface area contributed by atoms with E-state index in [9.17, 15) is 4.79 Å². The van der Waals surface area contributed by atoms with Gasteiger partial charge in [0, 0.05) is 45.5 Å². The number of amides is 1. The van der Waals surface area contributed by atoms with Crippen molar-refractivity contribution in [3.63, 3.8) is 0 Å². The van der Waals surface area contributed by atoms with E-state index < -0.39 is 0 Å². The van der Waals surface area contributed by atoms with Gasteiger partial charge in [-0.1, -0.05) is 13.8 Å². The van der Waals surface area contributed by atoms with E-state index in [1.165, 1.54) is 6.42 Å². The van der Waals surface area contributed by atoms with Gasteiger partial charge in [-0.25, -0.2) is 9.97 Å². The molecular formula is C17H27N5O. The minimum Gasteiger partial charge on any atom is -0.338 e. The van der Waals surface area contributed by atoms with Crippen LogP contribution in [-0.4, -0.2) is 71.5 Å². The first kappa shape index (κ1) is 16.2. The lowest BCUT2D eigenvalue weighted by atomic mass is 10.00.